The fourth-order valence-electron chi connectivity index (χ4n) is 3.53. The van der Waals surface area contributed by atoms with Gasteiger partial charge in [0.25, 0.3) is 5.91 Å². The van der Waals surface area contributed by atoms with Gasteiger partial charge in [0.1, 0.15) is 23.1 Å². The molecule has 176 valence electrons. The Kier molecular flexibility index (Phi) is 7.75. The van der Waals surface area contributed by atoms with E-state index in [1.165, 1.54) is 0 Å². The van der Waals surface area contributed by atoms with Gasteiger partial charge >= 0.3 is 0 Å². The number of aromatic nitrogens is 4. The lowest BCUT2D eigenvalue weighted by Gasteiger charge is -2.06. The molecule has 0 aliphatic carbocycles. The van der Waals surface area contributed by atoms with Crippen LogP contribution in [0.1, 0.15) is 12.0 Å². The number of nitrogens with one attached hydrogen (secondary N) is 1. The van der Waals surface area contributed by atoms with Crippen molar-refractivity contribution in [2.45, 2.75) is 13.0 Å². The second kappa shape index (κ2) is 11.3. The van der Waals surface area contributed by atoms with Gasteiger partial charge in [0.05, 0.1) is 23.6 Å². The number of para-hydroxylation sites is 1. The van der Waals surface area contributed by atoms with Gasteiger partial charge in [-0.3, -0.25) is 4.79 Å². The third-order valence-corrected chi connectivity index (χ3v) is 5.91. The van der Waals surface area contributed by atoms with Crippen molar-refractivity contribution in [3.05, 3.63) is 89.1 Å². The van der Waals surface area contributed by atoms with E-state index in [4.69, 9.17) is 9.84 Å². The number of ether oxygens (including phenoxy) is 1. The maximum atomic E-state index is 12.7. The molecule has 1 N–H and O–H groups in total. The van der Waals surface area contributed by atoms with Crippen molar-refractivity contribution >= 4 is 27.9 Å². The van der Waals surface area contributed by atoms with Crippen LogP contribution in [-0.2, 0) is 11.3 Å². The molecule has 4 rings (SSSR count). The number of benzene rings is 2. The molecule has 0 saturated carbocycles. The predicted octanol–water partition coefficient (Wildman–Crippen LogP) is 4.62. The van der Waals surface area contributed by atoms with E-state index in [1.807, 2.05) is 71.6 Å². The number of hydrogen-bond donors (Lipinski definition) is 1. The standard InChI is InChI=1S/C26H23BrN6O2/c1-35-24-9-8-19(15-23(24)27)25-21(17-33(31-25)22-6-3-2-4-7-22)14-20(16-28)26(34)30-10-5-12-32-13-11-29-18-32/h2-4,6-9,11,13-15,17-18H,5,10,12H2,1H3,(H,30,34)/b20-14+. The largest absolute Gasteiger partial charge is 0.496 e. The normalized spacial score (nSPS) is 11.2. The number of nitriles is 1. The molecule has 4 aromatic rings. The summed E-state index contributed by atoms with van der Waals surface area (Å²) in [6, 6.07) is 17.3. The van der Waals surface area contributed by atoms with Crippen molar-refractivity contribution in [3.63, 3.8) is 0 Å². The second-order valence-corrected chi connectivity index (χ2v) is 8.50. The molecule has 1 amide bonds. The maximum Gasteiger partial charge on any atom is 0.261 e. The molecule has 2 aromatic heterocycles. The molecule has 2 heterocycles. The SMILES string of the molecule is COc1ccc(-c2nn(-c3ccccc3)cc2/C=C(\C#N)C(=O)NCCCn2ccnc2)cc1Br. The van der Waals surface area contributed by atoms with Gasteiger partial charge in [0.2, 0.25) is 0 Å². The maximum absolute atomic E-state index is 12.7. The lowest BCUT2D eigenvalue weighted by Crippen LogP contribution is -2.26. The Balaban J connectivity index is 1.62. The number of carbonyl (C=O) groups excluding carboxylic acids is 1. The van der Waals surface area contributed by atoms with Crippen LogP contribution in [0.2, 0.25) is 0 Å². The first-order valence-corrected chi connectivity index (χ1v) is 11.7. The zero-order valence-electron chi connectivity index (χ0n) is 19.1. The molecular weight excluding hydrogens is 508 g/mol. The molecule has 8 nitrogen and oxygen atoms in total. The van der Waals surface area contributed by atoms with E-state index < -0.39 is 5.91 Å². The Bertz CT molecular complexity index is 1370. The molecule has 0 fully saturated rings. The van der Waals surface area contributed by atoms with E-state index in [1.54, 1.807) is 30.4 Å². The molecule has 0 aliphatic heterocycles. The van der Waals surface area contributed by atoms with Crippen molar-refractivity contribution in [1.82, 2.24) is 24.6 Å². The highest BCUT2D eigenvalue weighted by Gasteiger charge is 2.16. The lowest BCUT2D eigenvalue weighted by molar-refractivity contribution is -0.117. The number of hydrogen-bond acceptors (Lipinski definition) is 5. The fraction of sp³-hybridized carbons (Fsp3) is 0.154. The number of imidazole rings is 1. The summed E-state index contributed by atoms with van der Waals surface area (Å²) >= 11 is 3.52. The fourth-order valence-corrected chi connectivity index (χ4v) is 4.07. The number of halogens is 1. The van der Waals surface area contributed by atoms with Gasteiger partial charge in [-0.05, 0) is 58.8 Å². The van der Waals surface area contributed by atoms with Crippen molar-refractivity contribution in [3.8, 4) is 28.8 Å². The highest BCUT2D eigenvalue weighted by molar-refractivity contribution is 9.10. The average molecular weight is 531 g/mol. The highest BCUT2D eigenvalue weighted by atomic mass is 79.9. The third-order valence-electron chi connectivity index (χ3n) is 5.29. The van der Waals surface area contributed by atoms with E-state index in [-0.39, 0.29) is 5.57 Å². The minimum atomic E-state index is -0.424. The summed E-state index contributed by atoms with van der Waals surface area (Å²) in [4.78, 5) is 16.7. The molecule has 2 aromatic carbocycles. The van der Waals surface area contributed by atoms with Crippen LogP contribution in [-0.4, -0.2) is 38.9 Å². The van der Waals surface area contributed by atoms with Crippen molar-refractivity contribution in [2.24, 2.45) is 0 Å². The van der Waals surface area contributed by atoms with Crippen molar-refractivity contribution in [1.29, 1.82) is 5.26 Å². The van der Waals surface area contributed by atoms with Crippen molar-refractivity contribution in [2.75, 3.05) is 13.7 Å². The highest BCUT2D eigenvalue weighted by Crippen LogP contribution is 2.32. The summed E-state index contributed by atoms with van der Waals surface area (Å²) in [6.07, 6.45) is 9.41. The average Bonchev–Trinajstić information content (AvgIpc) is 3.56. The summed E-state index contributed by atoms with van der Waals surface area (Å²) in [5, 5.41) is 17.3. The summed E-state index contributed by atoms with van der Waals surface area (Å²) in [6.45, 7) is 1.17. The number of carbonyl (C=O) groups is 1. The molecule has 0 atom stereocenters. The Labute approximate surface area is 211 Å². The number of rotatable bonds is 9. The summed E-state index contributed by atoms with van der Waals surface area (Å²) in [5.74, 6) is 0.272. The van der Waals surface area contributed by atoms with E-state index in [2.05, 4.69) is 26.2 Å². The molecule has 0 saturated heterocycles. The Hall–Kier alpha value is -4.16. The monoisotopic (exact) mass is 530 g/mol. The van der Waals surface area contributed by atoms with Crippen LogP contribution in [0.3, 0.4) is 0 Å². The molecule has 0 spiro atoms. The van der Waals surface area contributed by atoms with E-state index in [9.17, 15) is 10.1 Å². The minimum absolute atomic E-state index is 0.00840. The van der Waals surface area contributed by atoms with Gasteiger partial charge in [-0.25, -0.2) is 9.67 Å². The van der Waals surface area contributed by atoms with Crippen molar-refractivity contribution < 1.29 is 9.53 Å². The molecule has 0 bridgehead atoms. The minimum Gasteiger partial charge on any atom is -0.496 e. The topological polar surface area (TPSA) is 97.8 Å². The summed E-state index contributed by atoms with van der Waals surface area (Å²) in [5.41, 5.74) is 2.98. The van der Waals surface area contributed by atoms with E-state index in [0.717, 1.165) is 28.7 Å². The number of methoxy groups -OCH3 is 1. The van der Waals surface area contributed by atoms with Crippen LogP contribution < -0.4 is 10.1 Å². The van der Waals surface area contributed by atoms with Gasteiger partial charge in [0, 0.05) is 42.8 Å². The Morgan fingerprint density at radius 3 is 2.77 bits per heavy atom. The van der Waals surface area contributed by atoms with Gasteiger partial charge in [-0.1, -0.05) is 18.2 Å². The van der Waals surface area contributed by atoms with Crippen LogP contribution in [0.25, 0.3) is 23.0 Å². The number of amides is 1. The predicted molar refractivity (Wildman–Crippen MR) is 137 cm³/mol. The van der Waals surface area contributed by atoms with Crippen LogP contribution in [0.15, 0.2) is 83.5 Å². The van der Waals surface area contributed by atoms with Crippen LogP contribution in [0.5, 0.6) is 5.75 Å². The quantitative estimate of drug-likeness (QED) is 0.193. The molecule has 0 aliphatic rings. The molecule has 35 heavy (non-hydrogen) atoms. The summed E-state index contributed by atoms with van der Waals surface area (Å²) in [7, 11) is 1.60. The van der Waals surface area contributed by atoms with E-state index in [0.29, 0.717) is 23.6 Å². The first kappa shape index (κ1) is 24.0. The summed E-state index contributed by atoms with van der Waals surface area (Å²) < 4.78 is 9.78. The van der Waals surface area contributed by atoms with Crippen LogP contribution in [0.4, 0.5) is 0 Å². The molecule has 0 radical (unpaired) electrons. The van der Waals surface area contributed by atoms with Crippen LogP contribution >= 0.6 is 15.9 Å². The first-order chi connectivity index (χ1) is 17.1. The van der Waals surface area contributed by atoms with Crippen LogP contribution in [0, 0.1) is 11.3 Å². The zero-order valence-corrected chi connectivity index (χ0v) is 20.6. The molecule has 9 heteroatoms. The van der Waals surface area contributed by atoms with Gasteiger partial charge < -0.3 is 14.6 Å². The molecule has 0 unspecified atom stereocenters. The lowest BCUT2D eigenvalue weighted by atomic mass is 10.1. The molecular formula is C26H23BrN6O2. The number of nitrogens with zero attached hydrogens (tertiary/aromatic N) is 5. The zero-order chi connectivity index (χ0) is 24.6. The Morgan fingerprint density at radius 2 is 2.09 bits per heavy atom. The van der Waals surface area contributed by atoms with Gasteiger partial charge in [-0.2, -0.15) is 10.4 Å². The van der Waals surface area contributed by atoms with Gasteiger partial charge in [0.15, 0.2) is 0 Å². The van der Waals surface area contributed by atoms with E-state index >= 15 is 0 Å². The number of aryl methyl sites for hydroxylation is 1. The second-order valence-electron chi connectivity index (χ2n) is 7.64. The smallest absolute Gasteiger partial charge is 0.261 e. The first-order valence-electron chi connectivity index (χ1n) is 10.9. The Morgan fingerprint density at radius 1 is 1.26 bits per heavy atom. The third kappa shape index (κ3) is 5.86. The van der Waals surface area contributed by atoms with Gasteiger partial charge in [-0.15, -0.1) is 0 Å².